The zero-order chi connectivity index (χ0) is 30.3. The van der Waals surface area contributed by atoms with E-state index in [-0.39, 0.29) is 17.9 Å². The molecular weight excluding hydrogens is 524 g/mol. The van der Waals surface area contributed by atoms with E-state index in [9.17, 15) is 9.59 Å². The monoisotopic (exact) mass is 578 g/mol. The summed E-state index contributed by atoms with van der Waals surface area (Å²) in [7, 11) is 2.02. The summed E-state index contributed by atoms with van der Waals surface area (Å²) in [5.41, 5.74) is 2.09. The molecule has 1 fully saturated rings. The first kappa shape index (κ1) is 33.6. The number of hydrogen-bond acceptors (Lipinski definition) is 5. The Balaban J connectivity index is 1.67. The second-order valence-corrected chi connectivity index (χ2v) is 12.7. The van der Waals surface area contributed by atoms with Gasteiger partial charge in [-0.15, -0.1) is 0 Å². The summed E-state index contributed by atoms with van der Waals surface area (Å²) in [5, 5.41) is 6.27. The smallest absolute Gasteiger partial charge is 0.242 e. The molecule has 0 radical (unpaired) electrons. The van der Waals surface area contributed by atoms with Crippen LogP contribution < -0.4 is 15.4 Å². The predicted molar refractivity (Wildman–Crippen MR) is 171 cm³/mol. The number of likely N-dealkylation sites (N-methyl/N-ethyl adjacent to an activating group) is 1. The lowest BCUT2D eigenvalue weighted by atomic mass is 9.99. The van der Waals surface area contributed by atoms with Crippen LogP contribution in [-0.4, -0.2) is 73.5 Å². The fourth-order valence-electron chi connectivity index (χ4n) is 5.37. The minimum Gasteiger partial charge on any atom is -0.489 e. The largest absolute Gasteiger partial charge is 0.489 e. The maximum atomic E-state index is 13.7. The molecule has 0 bridgehead atoms. The van der Waals surface area contributed by atoms with Crippen molar-refractivity contribution < 1.29 is 14.3 Å². The highest BCUT2D eigenvalue weighted by atomic mass is 16.5. The van der Waals surface area contributed by atoms with Gasteiger partial charge in [0.25, 0.3) is 0 Å². The Bertz CT molecular complexity index is 1050. The van der Waals surface area contributed by atoms with Crippen molar-refractivity contribution in [3.8, 4) is 5.75 Å². The van der Waals surface area contributed by atoms with Crippen LogP contribution in [0.1, 0.15) is 70.9 Å². The van der Waals surface area contributed by atoms with Crippen LogP contribution in [0.2, 0.25) is 0 Å². The first-order valence-electron chi connectivity index (χ1n) is 16.0. The summed E-state index contributed by atoms with van der Waals surface area (Å²) in [6.07, 6.45) is 5.92. The van der Waals surface area contributed by atoms with Gasteiger partial charge >= 0.3 is 0 Å². The quantitative estimate of drug-likeness (QED) is 0.267. The molecule has 7 nitrogen and oxygen atoms in total. The highest BCUT2D eigenvalue weighted by Gasteiger charge is 2.29. The number of piperidine rings is 1. The van der Waals surface area contributed by atoms with E-state index in [0.29, 0.717) is 31.4 Å². The third-order valence-electron chi connectivity index (χ3n) is 8.01. The van der Waals surface area contributed by atoms with Crippen LogP contribution in [0.15, 0.2) is 54.6 Å². The number of nitrogens with one attached hydrogen (secondary N) is 2. The topological polar surface area (TPSA) is 73.9 Å². The molecule has 2 aromatic rings. The average Bonchev–Trinajstić information content (AvgIpc) is 2.98. The Kier molecular flexibility index (Phi) is 14.3. The number of likely N-dealkylation sites (tertiary alicyclic amines) is 1. The summed E-state index contributed by atoms with van der Waals surface area (Å²) in [6, 6.07) is 17.0. The molecule has 232 valence electrons. The second-order valence-electron chi connectivity index (χ2n) is 12.7. The van der Waals surface area contributed by atoms with Crippen molar-refractivity contribution in [3.63, 3.8) is 0 Å². The minimum absolute atomic E-state index is 0.0750. The van der Waals surface area contributed by atoms with Gasteiger partial charge in [0.1, 0.15) is 18.4 Å². The lowest BCUT2D eigenvalue weighted by Crippen LogP contribution is -2.54. The number of benzene rings is 2. The molecule has 1 aliphatic rings. The van der Waals surface area contributed by atoms with Crippen LogP contribution >= 0.6 is 0 Å². The number of rotatable bonds is 17. The predicted octanol–water partition coefficient (Wildman–Crippen LogP) is 5.29. The fraction of sp³-hybridized carbons (Fsp3) is 0.600. The molecule has 7 heteroatoms. The molecule has 2 N–H and O–H groups in total. The highest BCUT2D eigenvalue weighted by molar-refractivity contribution is 5.90. The van der Waals surface area contributed by atoms with Crippen LogP contribution in [0.25, 0.3) is 0 Å². The Morgan fingerprint density at radius 3 is 2.21 bits per heavy atom. The Labute approximate surface area is 254 Å². The molecule has 42 heavy (non-hydrogen) atoms. The van der Waals surface area contributed by atoms with Gasteiger partial charge in [0.2, 0.25) is 11.8 Å². The molecule has 0 unspecified atom stereocenters. The van der Waals surface area contributed by atoms with Crippen LogP contribution in [0.4, 0.5) is 0 Å². The Morgan fingerprint density at radius 1 is 0.881 bits per heavy atom. The van der Waals surface area contributed by atoms with Crippen LogP contribution in [-0.2, 0) is 22.6 Å². The van der Waals surface area contributed by atoms with Crippen molar-refractivity contribution in [2.45, 2.75) is 84.9 Å². The van der Waals surface area contributed by atoms with Crippen molar-refractivity contribution in [2.24, 2.45) is 11.8 Å². The van der Waals surface area contributed by atoms with E-state index in [1.165, 1.54) is 19.3 Å². The minimum atomic E-state index is -0.650. The Morgan fingerprint density at radius 2 is 1.57 bits per heavy atom. The van der Waals surface area contributed by atoms with Gasteiger partial charge in [-0.1, -0.05) is 76.6 Å². The fourth-order valence-corrected chi connectivity index (χ4v) is 5.37. The third kappa shape index (κ3) is 12.1. The summed E-state index contributed by atoms with van der Waals surface area (Å²) in [5.74, 6) is 1.50. The molecule has 1 saturated heterocycles. The summed E-state index contributed by atoms with van der Waals surface area (Å²) in [6.45, 7) is 13.6. The van der Waals surface area contributed by atoms with Gasteiger partial charge in [-0.2, -0.15) is 0 Å². The van der Waals surface area contributed by atoms with Crippen molar-refractivity contribution >= 4 is 11.8 Å². The Hall–Kier alpha value is -2.90. The molecule has 2 amide bonds. The number of carbonyl (C=O) groups is 2. The average molecular weight is 579 g/mol. The van der Waals surface area contributed by atoms with E-state index in [1.54, 1.807) is 0 Å². The molecule has 0 aromatic heterocycles. The molecule has 2 atom stereocenters. The summed E-state index contributed by atoms with van der Waals surface area (Å²) < 4.78 is 5.95. The van der Waals surface area contributed by atoms with Crippen LogP contribution in [0, 0.1) is 11.8 Å². The van der Waals surface area contributed by atoms with E-state index >= 15 is 0 Å². The van der Waals surface area contributed by atoms with E-state index in [1.807, 2.05) is 61.6 Å². The number of amides is 2. The van der Waals surface area contributed by atoms with Crippen molar-refractivity contribution in [3.05, 3.63) is 65.7 Å². The third-order valence-corrected chi connectivity index (χ3v) is 8.01. The van der Waals surface area contributed by atoms with Gasteiger partial charge in [0, 0.05) is 19.5 Å². The van der Waals surface area contributed by atoms with E-state index in [0.717, 1.165) is 55.9 Å². The number of carbonyl (C=O) groups excluding carboxylic acids is 2. The van der Waals surface area contributed by atoms with Crippen molar-refractivity contribution in [1.82, 2.24) is 20.4 Å². The van der Waals surface area contributed by atoms with Gasteiger partial charge in [-0.25, -0.2) is 0 Å². The van der Waals surface area contributed by atoms with Crippen LogP contribution in [0.5, 0.6) is 5.75 Å². The number of nitrogens with zero attached hydrogens (tertiary/aromatic N) is 2. The van der Waals surface area contributed by atoms with E-state index in [4.69, 9.17) is 4.74 Å². The molecular formula is C35H54N4O3. The number of ether oxygens (including phenoxy) is 1. The maximum Gasteiger partial charge on any atom is 0.242 e. The van der Waals surface area contributed by atoms with Gasteiger partial charge in [-0.3, -0.25) is 14.5 Å². The zero-order valence-corrected chi connectivity index (χ0v) is 26.6. The second kappa shape index (κ2) is 17.9. The van der Waals surface area contributed by atoms with Crippen molar-refractivity contribution in [2.75, 3.05) is 39.8 Å². The zero-order valence-electron chi connectivity index (χ0n) is 26.6. The molecule has 2 aromatic carbocycles. The lowest BCUT2D eigenvalue weighted by Gasteiger charge is -2.31. The molecule has 0 saturated carbocycles. The standard InChI is InChI=1S/C35H54N4O3/c1-27(2)18-22-38(5)33(24-28(3)4)35(41)37-32(34(40)36-19-23-39-20-10-7-11-21-39)25-29-14-16-31(17-15-29)42-26-30-12-8-6-9-13-30/h6,8-9,12-17,27-28,32-33H,7,10-11,18-26H2,1-5H3,(H,36,40)(H,37,41)/t32-,33-/m0/s1. The first-order valence-corrected chi connectivity index (χ1v) is 16.0. The van der Waals surface area contributed by atoms with Crippen molar-refractivity contribution in [1.29, 1.82) is 0 Å². The van der Waals surface area contributed by atoms with Gasteiger partial charge < -0.3 is 20.3 Å². The summed E-state index contributed by atoms with van der Waals surface area (Å²) >= 11 is 0. The number of hydrogen-bond donors (Lipinski definition) is 2. The molecule has 1 aliphatic heterocycles. The molecule has 3 rings (SSSR count). The van der Waals surface area contributed by atoms with Gasteiger partial charge in [0.15, 0.2) is 0 Å². The summed E-state index contributed by atoms with van der Waals surface area (Å²) in [4.78, 5) is 31.8. The first-order chi connectivity index (χ1) is 20.2. The molecule has 0 spiro atoms. The van der Waals surface area contributed by atoms with Gasteiger partial charge in [-0.05, 0) is 87.5 Å². The highest BCUT2D eigenvalue weighted by Crippen LogP contribution is 2.17. The SMILES string of the molecule is CC(C)CCN(C)[C@@H](CC(C)C)C(=O)N[C@@H](Cc1ccc(OCc2ccccc2)cc1)C(=O)NCCN1CCCCC1. The van der Waals surface area contributed by atoms with Crippen LogP contribution in [0.3, 0.4) is 0 Å². The normalized spacial score (nSPS) is 15.5. The molecule has 1 heterocycles. The lowest BCUT2D eigenvalue weighted by molar-refractivity contribution is -0.132. The van der Waals surface area contributed by atoms with Gasteiger partial charge in [0.05, 0.1) is 6.04 Å². The van der Waals surface area contributed by atoms with E-state index < -0.39 is 6.04 Å². The maximum absolute atomic E-state index is 13.7. The molecule has 0 aliphatic carbocycles. The van der Waals surface area contributed by atoms with E-state index in [2.05, 4.69) is 48.1 Å².